The predicted octanol–water partition coefficient (Wildman–Crippen LogP) is 3.53. The van der Waals surface area contributed by atoms with Gasteiger partial charge in [0.05, 0.1) is 4.92 Å². The summed E-state index contributed by atoms with van der Waals surface area (Å²) in [5.41, 5.74) is 1.25. The Morgan fingerprint density at radius 3 is 2.77 bits per heavy atom. The maximum Gasteiger partial charge on any atom is 0.311 e. The fraction of sp³-hybridized carbons (Fsp3) is 0.133. The number of anilines is 1. The minimum atomic E-state index is -0.528. The Kier molecular flexibility index (Phi) is 5.31. The third kappa shape index (κ3) is 4.42. The highest BCUT2D eigenvalue weighted by Gasteiger charge is 2.16. The summed E-state index contributed by atoms with van der Waals surface area (Å²) in [5.74, 6) is -0.301. The van der Waals surface area contributed by atoms with E-state index in [1.165, 1.54) is 12.1 Å². The second-order valence-electron chi connectivity index (χ2n) is 4.58. The Morgan fingerprint density at radius 1 is 1.32 bits per heavy atom. The smallest absolute Gasteiger partial charge is 0.311 e. The van der Waals surface area contributed by atoms with E-state index in [1.807, 2.05) is 18.2 Å². The van der Waals surface area contributed by atoms with Gasteiger partial charge >= 0.3 is 5.69 Å². The Morgan fingerprint density at radius 2 is 2.09 bits per heavy atom. The van der Waals surface area contributed by atoms with Crippen LogP contribution in [0.25, 0.3) is 0 Å². The first-order valence-corrected chi connectivity index (χ1v) is 7.47. The van der Waals surface area contributed by atoms with Crippen LogP contribution in [-0.2, 0) is 4.79 Å². The Bertz CT molecular complexity index is 718. The second-order valence-corrected chi connectivity index (χ2v) is 5.82. The molecular weight excluding hydrogens is 399 g/mol. The number of benzene rings is 2. The molecular formula is C15H13IN2O4. The molecule has 1 amide bonds. The van der Waals surface area contributed by atoms with E-state index in [4.69, 9.17) is 4.74 Å². The van der Waals surface area contributed by atoms with E-state index in [0.717, 1.165) is 9.13 Å². The highest BCUT2D eigenvalue weighted by molar-refractivity contribution is 14.1. The van der Waals surface area contributed by atoms with Gasteiger partial charge in [0.15, 0.2) is 12.4 Å². The van der Waals surface area contributed by atoms with E-state index < -0.39 is 4.92 Å². The molecule has 2 aromatic rings. The fourth-order valence-electron chi connectivity index (χ4n) is 1.80. The Hall–Kier alpha value is -2.16. The molecule has 114 valence electrons. The summed E-state index contributed by atoms with van der Waals surface area (Å²) in [6, 6.07) is 11.9. The highest BCUT2D eigenvalue weighted by Crippen LogP contribution is 2.27. The molecule has 0 saturated carbocycles. The van der Waals surface area contributed by atoms with Crippen LogP contribution in [-0.4, -0.2) is 17.4 Å². The van der Waals surface area contributed by atoms with Crippen molar-refractivity contribution in [3.63, 3.8) is 0 Å². The third-order valence-electron chi connectivity index (χ3n) is 2.78. The number of aryl methyl sites for hydroxylation is 1. The van der Waals surface area contributed by atoms with E-state index in [0.29, 0.717) is 5.69 Å². The van der Waals surface area contributed by atoms with Crippen molar-refractivity contribution in [3.8, 4) is 5.75 Å². The van der Waals surface area contributed by atoms with Crippen molar-refractivity contribution in [2.75, 3.05) is 11.9 Å². The van der Waals surface area contributed by atoms with Crippen LogP contribution in [0.2, 0.25) is 0 Å². The topological polar surface area (TPSA) is 81.5 Å². The number of nitro benzene ring substituents is 1. The molecule has 0 unspecified atom stereocenters. The van der Waals surface area contributed by atoms with Crippen molar-refractivity contribution in [1.29, 1.82) is 0 Å². The van der Waals surface area contributed by atoms with Gasteiger partial charge in [0.25, 0.3) is 5.91 Å². The van der Waals surface area contributed by atoms with Crippen molar-refractivity contribution in [2.24, 2.45) is 0 Å². The zero-order valence-electron chi connectivity index (χ0n) is 11.7. The zero-order chi connectivity index (χ0) is 16.1. The molecule has 0 bridgehead atoms. The molecule has 0 fully saturated rings. The maximum atomic E-state index is 11.8. The predicted molar refractivity (Wildman–Crippen MR) is 91.1 cm³/mol. The number of hydrogen-bond donors (Lipinski definition) is 1. The summed E-state index contributed by atoms with van der Waals surface area (Å²) in [4.78, 5) is 22.3. The molecule has 0 aliphatic heterocycles. The highest BCUT2D eigenvalue weighted by atomic mass is 127. The van der Waals surface area contributed by atoms with E-state index in [-0.39, 0.29) is 24.0 Å². The lowest BCUT2D eigenvalue weighted by atomic mass is 10.2. The van der Waals surface area contributed by atoms with Crippen LogP contribution in [0.5, 0.6) is 5.75 Å². The first-order valence-electron chi connectivity index (χ1n) is 6.39. The lowest BCUT2D eigenvalue weighted by molar-refractivity contribution is -0.385. The lowest BCUT2D eigenvalue weighted by Gasteiger charge is -2.08. The summed E-state index contributed by atoms with van der Waals surface area (Å²) in [5, 5.41) is 13.6. The van der Waals surface area contributed by atoms with Gasteiger partial charge in [0, 0.05) is 15.3 Å². The van der Waals surface area contributed by atoms with Crippen molar-refractivity contribution in [2.45, 2.75) is 6.92 Å². The minimum Gasteiger partial charge on any atom is -0.477 e. The standard InChI is InChI=1S/C15H13IN2O4/c1-10-5-6-14(13(7-10)18(20)21)22-9-15(19)17-12-4-2-3-11(16)8-12/h2-8H,9H2,1H3,(H,17,19). The summed E-state index contributed by atoms with van der Waals surface area (Å²) in [6.45, 7) is 1.45. The minimum absolute atomic E-state index is 0.0772. The van der Waals surface area contributed by atoms with E-state index in [2.05, 4.69) is 27.9 Å². The van der Waals surface area contributed by atoms with Gasteiger partial charge in [-0.15, -0.1) is 0 Å². The molecule has 2 rings (SSSR count). The molecule has 6 nitrogen and oxygen atoms in total. The second kappa shape index (κ2) is 7.21. The molecule has 0 heterocycles. The van der Waals surface area contributed by atoms with Crippen LogP contribution in [0.3, 0.4) is 0 Å². The average Bonchev–Trinajstić information content (AvgIpc) is 2.45. The number of ether oxygens (including phenoxy) is 1. The number of hydrogen-bond acceptors (Lipinski definition) is 4. The van der Waals surface area contributed by atoms with Gasteiger partial charge in [-0.1, -0.05) is 12.1 Å². The fourth-order valence-corrected chi connectivity index (χ4v) is 2.34. The van der Waals surface area contributed by atoms with Crippen molar-refractivity contribution < 1.29 is 14.5 Å². The zero-order valence-corrected chi connectivity index (χ0v) is 13.9. The van der Waals surface area contributed by atoms with E-state index in [9.17, 15) is 14.9 Å². The number of rotatable bonds is 5. The monoisotopic (exact) mass is 412 g/mol. The Balaban J connectivity index is 2.01. The number of nitrogens with zero attached hydrogens (tertiary/aromatic N) is 1. The molecule has 0 aliphatic rings. The molecule has 0 radical (unpaired) electrons. The molecule has 7 heteroatoms. The normalized spacial score (nSPS) is 10.1. The number of carbonyl (C=O) groups excluding carboxylic acids is 1. The van der Waals surface area contributed by atoms with Crippen LogP contribution in [0, 0.1) is 20.6 Å². The molecule has 0 atom stereocenters. The summed E-state index contributed by atoms with van der Waals surface area (Å²) in [6.07, 6.45) is 0. The van der Waals surface area contributed by atoms with Crippen molar-refractivity contribution >= 4 is 39.9 Å². The SMILES string of the molecule is Cc1ccc(OCC(=O)Nc2cccc(I)c2)c([N+](=O)[O-])c1. The van der Waals surface area contributed by atoms with Crippen LogP contribution < -0.4 is 10.1 Å². The van der Waals surface area contributed by atoms with Crippen LogP contribution in [0.15, 0.2) is 42.5 Å². The van der Waals surface area contributed by atoms with E-state index in [1.54, 1.807) is 19.1 Å². The molecule has 2 aromatic carbocycles. The maximum absolute atomic E-state index is 11.8. The van der Waals surface area contributed by atoms with Gasteiger partial charge in [0.1, 0.15) is 0 Å². The quantitative estimate of drug-likeness (QED) is 0.463. The van der Waals surface area contributed by atoms with Crippen molar-refractivity contribution in [1.82, 2.24) is 0 Å². The summed E-state index contributed by atoms with van der Waals surface area (Å²) < 4.78 is 6.25. The summed E-state index contributed by atoms with van der Waals surface area (Å²) in [7, 11) is 0. The molecule has 0 saturated heterocycles. The number of halogens is 1. The van der Waals surface area contributed by atoms with Crippen LogP contribution >= 0.6 is 22.6 Å². The third-order valence-corrected chi connectivity index (χ3v) is 3.45. The Labute approximate surface area is 140 Å². The number of nitrogens with one attached hydrogen (secondary N) is 1. The van der Waals surface area contributed by atoms with Gasteiger partial charge < -0.3 is 10.1 Å². The lowest BCUT2D eigenvalue weighted by Crippen LogP contribution is -2.20. The van der Waals surface area contributed by atoms with Crippen LogP contribution in [0.4, 0.5) is 11.4 Å². The van der Waals surface area contributed by atoms with Gasteiger partial charge in [-0.2, -0.15) is 0 Å². The molecule has 22 heavy (non-hydrogen) atoms. The molecule has 0 spiro atoms. The van der Waals surface area contributed by atoms with Gasteiger partial charge in [-0.3, -0.25) is 14.9 Å². The number of amides is 1. The molecule has 0 aromatic heterocycles. The van der Waals surface area contributed by atoms with Gasteiger partial charge in [0.2, 0.25) is 0 Å². The summed E-state index contributed by atoms with van der Waals surface area (Å²) >= 11 is 2.14. The largest absolute Gasteiger partial charge is 0.477 e. The van der Waals surface area contributed by atoms with Crippen molar-refractivity contribution in [3.05, 3.63) is 61.7 Å². The molecule has 0 aliphatic carbocycles. The van der Waals surface area contributed by atoms with Gasteiger partial charge in [-0.05, 0) is 59.3 Å². The first-order chi connectivity index (χ1) is 10.5. The number of nitro groups is 1. The number of carbonyl (C=O) groups is 1. The van der Waals surface area contributed by atoms with Gasteiger partial charge in [-0.25, -0.2) is 0 Å². The van der Waals surface area contributed by atoms with Crippen LogP contribution in [0.1, 0.15) is 5.56 Å². The molecule has 1 N–H and O–H groups in total. The first kappa shape index (κ1) is 16.2. The average molecular weight is 412 g/mol. The van der Waals surface area contributed by atoms with E-state index >= 15 is 0 Å².